The van der Waals surface area contributed by atoms with Gasteiger partial charge in [-0.15, -0.1) is 0 Å². The minimum Gasteiger partial charge on any atom is -0.330 e. The van der Waals surface area contributed by atoms with Gasteiger partial charge in [-0.1, -0.05) is 30.3 Å². The summed E-state index contributed by atoms with van der Waals surface area (Å²) >= 11 is 0. The Morgan fingerprint density at radius 1 is 1.17 bits per heavy atom. The van der Waals surface area contributed by atoms with E-state index in [0.29, 0.717) is 18.8 Å². The number of benzene rings is 2. The van der Waals surface area contributed by atoms with Crippen LogP contribution in [0.15, 0.2) is 54.7 Å². The molecule has 3 aromatic rings. The molecule has 0 fully saturated rings. The number of carbonyl (C=O) groups is 2. The van der Waals surface area contributed by atoms with E-state index < -0.39 is 11.8 Å². The lowest BCUT2D eigenvalue weighted by atomic mass is 10.2. The first kappa shape index (κ1) is 15.7. The Morgan fingerprint density at radius 2 is 1.96 bits per heavy atom. The molecule has 3 rings (SSSR count). The molecular formula is C18H18N4O2. The molecule has 1 heterocycles. The number of carbonyl (C=O) groups excluding carboxylic acids is 2. The molecule has 0 aliphatic rings. The van der Waals surface area contributed by atoms with Gasteiger partial charge in [-0.2, -0.15) is 5.10 Å². The SMILES string of the molecule is CCN(Cc1ccccc1)C(=O)C(=O)Nc1ccc2cn[nH]c2c1. The van der Waals surface area contributed by atoms with E-state index in [2.05, 4.69) is 15.5 Å². The van der Waals surface area contributed by atoms with Crippen LogP contribution in [0.3, 0.4) is 0 Å². The lowest BCUT2D eigenvalue weighted by Gasteiger charge is -2.20. The van der Waals surface area contributed by atoms with Crippen molar-refractivity contribution in [3.8, 4) is 0 Å². The normalized spacial score (nSPS) is 10.5. The van der Waals surface area contributed by atoms with Crippen molar-refractivity contribution >= 4 is 28.4 Å². The molecule has 2 aromatic carbocycles. The fraction of sp³-hybridized carbons (Fsp3) is 0.167. The fourth-order valence-electron chi connectivity index (χ4n) is 2.47. The Hall–Kier alpha value is -3.15. The Kier molecular flexibility index (Phi) is 4.56. The summed E-state index contributed by atoms with van der Waals surface area (Å²) in [7, 11) is 0. The molecule has 0 aliphatic carbocycles. The second-order valence-corrected chi connectivity index (χ2v) is 5.43. The summed E-state index contributed by atoms with van der Waals surface area (Å²) in [5.74, 6) is -1.20. The Labute approximate surface area is 139 Å². The van der Waals surface area contributed by atoms with E-state index in [1.165, 1.54) is 4.90 Å². The van der Waals surface area contributed by atoms with Gasteiger partial charge in [0.2, 0.25) is 0 Å². The standard InChI is InChI=1S/C18H18N4O2/c1-2-22(12-13-6-4-3-5-7-13)18(24)17(23)20-15-9-8-14-11-19-21-16(14)10-15/h3-11H,2,12H2,1H3,(H,19,21)(H,20,23). The number of aromatic nitrogens is 2. The third-order valence-corrected chi connectivity index (χ3v) is 3.78. The molecule has 1 aromatic heterocycles. The van der Waals surface area contributed by atoms with Gasteiger partial charge in [0.15, 0.2) is 0 Å². The summed E-state index contributed by atoms with van der Waals surface area (Å²) in [6.07, 6.45) is 1.70. The molecule has 24 heavy (non-hydrogen) atoms. The molecule has 0 saturated heterocycles. The highest BCUT2D eigenvalue weighted by atomic mass is 16.2. The van der Waals surface area contributed by atoms with Crippen LogP contribution in [0.1, 0.15) is 12.5 Å². The number of amides is 2. The molecule has 2 N–H and O–H groups in total. The molecule has 0 bridgehead atoms. The van der Waals surface area contributed by atoms with Gasteiger partial charge in [-0.05, 0) is 30.7 Å². The number of likely N-dealkylation sites (N-methyl/N-ethyl adjacent to an activating group) is 1. The largest absolute Gasteiger partial charge is 0.330 e. The van der Waals surface area contributed by atoms with E-state index in [1.807, 2.05) is 43.3 Å². The highest BCUT2D eigenvalue weighted by Crippen LogP contribution is 2.16. The molecule has 6 heteroatoms. The monoisotopic (exact) mass is 322 g/mol. The smallest absolute Gasteiger partial charge is 0.313 e. The minimum absolute atomic E-state index is 0.406. The van der Waals surface area contributed by atoms with E-state index in [0.717, 1.165) is 16.5 Å². The number of nitrogens with zero attached hydrogens (tertiary/aromatic N) is 2. The van der Waals surface area contributed by atoms with Crippen LogP contribution in [-0.4, -0.2) is 33.5 Å². The zero-order valence-electron chi connectivity index (χ0n) is 13.3. The summed E-state index contributed by atoms with van der Waals surface area (Å²) < 4.78 is 0. The van der Waals surface area contributed by atoms with Gasteiger partial charge in [0.05, 0.1) is 11.7 Å². The van der Waals surface area contributed by atoms with Crippen molar-refractivity contribution < 1.29 is 9.59 Å². The molecule has 0 spiro atoms. The van der Waals surface area contributed by atoms with Gasteiger partial charge in [0.1, 0.15) is 0 Å². The van der Waals surface area contributed by atoms with Crippen molar-refractivity contribution in [1.82, 2.24) is 15.1 Å². The van der Waals surface area contributed by atoms with Crippen LogP contribution in [0.5, 0.6) is 0 Å². The second-order valence-electron chi connectivity index (χ2n) is 5.43. The molecule has 0 unspecified atom stereocenters. The Morgan fingerprint density at radius 3 is 2.71 bits per heavy atom. The number of fused-ring (bicyclic) bond motifs is 1. The maximum Gasteiger partial charge on any atom is 0.313 e. The van der Waals surface area contributed by atoms with Gasteiger partial charge in [-0.25, -0.2) is 0 Å². The lowest BCUT2D eigenvalue weighted by Crippen LogP contribution is -2.39. The topological polar surface area (TPSA) is 78.1 Å². The van der Waals surface area contributed by atoms with Gasteiger partial charge in [0.25, 0.3) is 0 Å². The number of rotatable bonds is 4. The van der Waals surface area contributed by atoms with Crippen LogP contribution in [0.4, 0.5) is 5.69 Å². The van der Waals surface area contributed by atoms with Gasteiger partial charge in [-0.3, -0.25) is 14.7 Å². The zero-order chi connectivity index (χ0) is 16.9. The van der Waals surface area contributed by atoms with Gasteiger partial charge < -0.3 is 10.2 Å². The van der Waals surface area contributed by atoms with Crippen molar-refractivity contribution in [1.29, 1.82) is 0 Å². The maximum absolute atomic E-state index is 12.4. The van der Waals surface area contributed by atoms with Crippen molar-refractivity contribution in [2.24, 2.45) is 0 Å². The van der Waals surface area contributed by atoms with Crippen LogP contribution < -0.4 is 5.32 Å². The number of nitrogens with one attached hydrogen (secondary N) is 2. The predicted molar refractivity (Wildman–Crippen MR) is 92.3 cm³/mol. The number of anilines is 1. The molecule has 0 atom stereocenters. The van der Waals surface area contributed by atoms with E-state index in [1.54, 1.807) is 18.3 Å². The summed E-state index contributed by atoms with van der Waals surface area (Å²) in [4.78, 5) is 26.2. The average molecular weight is 322 g/mol. The van der Waals surface area contributed by atoms with Gasteiger partial charge in [0, 0.05) is 24.2 Å². The van der Waals surface area contributed by atoms with Crippen LogP contribution in [0, 0.1) is 0 Å². The molecule has 0 saturated carbocycles. The number of hydrogen-bond donors (Lipinski definition) is 2. The molecular weight excluding hydrogens is 304 g/mol. The predicted octanol–water partition coefficient (Wildman–Crippen LogP) is 2.55. The van der Waals surface area contributed by atoms with E-state index in [4.69, 9.17) is 0 Å². The molecule has 2 amide bonds. The highest BCUT2D eigenvalue weighted by molar-refractivity contribution is 6.39. The molecule has 0 radical (unpaired) electrons. The second kappa shape index (κ2) is 6.95. The van der Waals surface area contributed by atoms with Crippen molar-refractivity contribution in [2.75, 3.05) is 11.9 Å². The number of hydrogen-bond acceptors (Lipinski definition) is 3. The van der Waals surface area contributed by atoms with Crippen LogP contribution in [0.25, 0.3) is 10.9 Å². The van der Waals surface area contributed by atoms with Crippen molar-refractivity contribution in [3.05, 3.63) is 60.3 Å². The van der Waals surface area contributed by atoms with Crippen molar-refractivity contribution in [2.45, 2.75) is 13.5 Å². The molecule has 122 valence electrons. The average Bonchev–Trinajstić information content (AvgIpc) is 3.07. The highest BCUT2D eigenvalue weighted by Gasteiger charge is 2.21. The minimum atomic E-state index is -0.647. The van der Waals surface area contributed by atoms with Crippen LogP contribution in [-0.2, 0) is 16.1 Å². The van der Waals surface area contributed by atoms with Crippen LogP contribution >= 0.6 is 0 Å². The summed E-state index contributed by atoms with van der Waals surface area (Å²) in [6, 6.07) is 14.9. The van der Waals surface area contributed by atoms with Crippen LogP contribution in [0.2, 0.25) is 0 Å². The van der Waals surface area contributed by atoms with Crippen molar-refractivity contribution in [3.63, 3.8) is 0 Å². The zero-order valence-corrected chi connectivity index (χ0v) is 13.3. The lowest BCUT2D eigenvalue weighted by molar-refractivity contribution is -0.143. The Balaban J connectivity index is 1.69. The van der Waals surface area contributed by atoms with Gasteiger partial charge >= 0.3 is 11.8 Å². The number of aromatic amines is 1. The molecule has 0 aliphatic heterocycles. The van der Waals surface area contributed by atoms with E-state index in [9.17, 15) is 9.59 Å². The summed E-state index contributed by atoms with van der Waals surface area (Å²) in [6.45, 7) is 2.72. The first-order valence-electron chi connectivity index (χ1n) is 7.74. The number of H-pyrrole nitrogens is 1. The summed E-state index contributed by atoms with van der Waals surface area (Å²) in [5.41, 5.74) is 2.34. The van der Waals surface area contributed by atoms with E-state index >= 15 is 0 Å². The quantitative estimate of drug-likeness (QED) is 0.725. The maximum atomic E-state index is 12.4. The first-order valence-corrected chi connectivity index (χ1v) is 7.74. The fourth-order valence-corrected chi connectivity index (χ4v) is 2.47. The molecule has 6 nitrogen and oxygen atoms in total. The third kappa shape index (κ3) is 3.43. The Bertz CT molecular complexity index is 858. The first-order chi connectivity index (χ1) is 11.7. The summed E-state index contributed by atoms with van der Waals surface area (Å²) in [5, 5.41) is 10.4. The third-order valence-electron chi connectivity index (χ3n) is 3.78. The van der Waals surface area contributed by atoms with E-state index in [-0.39, 0.29) is 0 Å².